The van der Waals surface area contributed by atoms with Gasteiger partial charge in [-0.2, -0.15) is 0 Å². The summed E-state index contributed by atoms with van der Waals surface area (Å²) in [6.45, 7) is 2.11. The Balaban J connectivity index is 1.67. The largest absolute Gasteiger partial charge is 0.495 e. The summed E-state index contributed by atoms with van der Waals surface area (Å²) in [7, 11) is 1.69. The van der Waals surface area contributed by atoms with Gasteiger partial charge in [0.15, 0.2) is 0 Å². The van der Waals surface area contributed by atoms with Gasteiger partial charge in [-0.05, 0) is 30.2 Å². The molecule has 0 N–H and O–H groups in total. The number of ether oxygens (including phenoxy) is 1. The number of aromatic nitrogens is 3. The van der Waals surface area contributed by atoms with Gasteiger partial charge >= 0.3 is 0 Å². The number of nitrogens with zero attached hydrogens (tertiary/aromatic N) is 3. The van der Waals surface area contributed by atoms with Gasteiger partial charge in [-0.25, -0.2) is 9.97 Å². The molecule has 5 rings (SSSR count). The molecule has 0 amide bonds. The molecular weight excluding hydrogens is 414 g/mol. The van der Waals surface area contributed by atoms with Gasteiger partial charge in [0, 0.05) is 17.5 Å². The van der Waals surface area contributed by atoms with Crippen molar-refractivity contribution in [1.29, 1.82) is 0 Å². The van der Waals surface area contributed by atoms with E-state index in [2.05, 4.69) is 76.2 Å². The van der Waals surface area contributed by atoms with E-state index >= 15 is 0 Å². The van der Waals surface area contributed by atoms with E-state index in [9.17, 15) is 0 Å². The van der Waals surface area contributed by atoms with Gasteiger partial charge in [0.1, 0.15) is 22.7 Å². The average molecular weight is 438 g/mol. The van der Waals surface area contributed by atoms with Crippen LogP contribution in [0.2, 0.25) is 0 Å². The highest BCUT2D eigenvalue weighted by molar-refractivity contribution is 7.98. The normalized spacial score (nSPS) is 11.1. The van der Waals surface area contributed by atoms with Crippen LogP contribution < -0.4 is 4.74 Å². The van der Waals surface area contributed by atoms with E-state index in [1.165, 1.54) is 11.1 Å². The molecule has 2 aromatic heterocycles. The van der Waals surface area contributed by atoms with E-state index in [1.54, 1.807) is 25.2 Å². The molecule has 0 spiro atoms. The fourth-order valence-electron chi connectivity index (χ4n) is 3.83. The fraction of sp³-hybridized carbons (Fsp3) is 0.111. The van der Waals surface area contributed by atoms with Crippen molar-refractivity contribution >= 4 is 22.8 Å². The molecule has 0 aliphatic heterocycles. The summed E-state index contributed by atoms with van der Waals surface area (Å²) in [6, 6.07) is 27.1. The Hall–Kier alpha value is -3.57. The molecule has 0 unspecified atom stereocenters. The fourth-order valence-corrected chi connectivity index (χ4v) is 4.79. The minimum absolute atomic E-state index is 0.802. The molecule has 158 valence electrons. The van der Waals surface area contributed by atoms with Crippen molar-refractivity contribution in [3.8, 4) is 22.6 Å². The molecule has 0 bridgehead atoms. The summed E-state index contributed by atoms with van der Waals surface area (Å²) in [5.74, 6) is 1.65. The first-order chi connectivity index (χ1) is 15.7. The summed E-state index contributed by atoms with van der Waals surface area (Å²) >= 11 is 1.74. The quantitative estimate of drug-likeness (QED) is 0.219. The van der Waals surface area contributed by atoms with Crippen LogP contribution in [0.3, 0.4) is 0 Å². The maximum atomic E-state index is 5.64. The third-order valence-electron chi connectivity index (χ3n) is 5.47. The van der Waals surface area contributed by atoms with E-state index in [0.717, 1.165) is 44.4 Å². The van der Waals surface area contributed by atoms with Crippen LogP contribution in [-0.2, 0) is 5.75 Å². The molecule has 3 aromatic carbocycles. The lowest BCUT2D eigenvalue weighted by Crippen LogP contribution is -1.98. The highest BCUT2D eigenvalue weighted by Gasteiger charge is 2.19. The molecule has 0 aliphatic carbocycles. The number of para-hydroxylation sites is 2. The zero-order chi connectivity index (χ0) is 21.9. The number of hydrogen-bond donors (Lipinski definition) is 0. The lowest BCUT2D eigenvalue weighted by Gasteiger charge is -2.10. The molecule has 0 saturated heterocycles. The topological polar surface area (TPSA) is 39.9 Å². The molecule has 32 heavy (non-hydrogen) atoms. The summed E-state index contributed by atoms with van der Waals surface area (Å²) in [6.07, 6.45) is 3.79. The Morgan fingerprint density at radius 1 is 0.875 bits per heavy atom. The molecule has 5 heteroatoms. The van der Waals surface area contributed by atoms with Crippen molar-refractivity contribution in [3.63, 3.8) is 0 Å². The van der Waals surface area contributed by atoms with Crippen LogP contribution in [0.25, 0.3) is 27.8 Å². The third kappa shape index (κ3) is 3.87. The van der Waals surface area contributed by atoms with E-state index in [-0.39, 0.29) is 0 Å². The first-order valence-electron chi connectivity index (χ1n) is 10.5. The minimum atomic E-state index is 0.802. The first kappa shape index (κ1) is 20.3. The lowest BCUT2D eigenvalue weighted by molar-refractivity contribution is 0.413. The monoisotopic (exact) mass is 437 g/mol. The van der Waals surface area contributed by atoms with Crippen LogP contribution in [-0.4, -0.2) is 21.6 Å². The molecule has 0 saturated carbocycles. The summed E-state index contributed by atoms with van der Waals surface area (Å²) in [5.41, 5.74) is 6.61. The summed E-state index contributed by atoms with van der Waals surface area (Å²) in [5, 5.41) is 2.03. The SMILES string of the molecule is COc1ccccc1-n1cc(-c2ccccc2)c2c(SCc3ccc(C)cc3)ncnc21. The van der Waals surface area contributed by atoms with Gasteiger partial charge in [0.2, 0.25) is 0 Å². The molecule has 5 aromatic rings. The maximum Gasteiger partial charge on any atom is 0.149 e. The van der Waals surface area contributed by atoms with Crippen LogP contribution in [0.1, 0.15) is 11.1 Å². The van der Waals surface area contributed by atoms with E-state index in [4.69, 9.17) is 4.74 Å². The highest BCUT2D eigenvalue weighted by atomic mass is 32.2. The minimum Gasteiger partial charge on any atom is -0.495 e. The van der Waals surface area contributed by atoms with Crippen molar-refractivity contribution in [2.45, 2.75) is 17.7 Å². The Kier molecular flexibility index (Phi) is 5.65. The molecule has 0 radical (unpaired) electrons. The molecule has 0 aliphatic rings. The van der Waals surface area contributed by atoms with Crippen LogP contribution in [0, 0.1) is 6.92 Å². The lowest BCUT2D eigenvalue weighted by atomic mass is 10.1. The Morgan fingerprint density at radius 3 is 2.41 bits per heavy atom. The van der Waals surface area contributed by atoms with Gasteiger partial charge in [-0.3, -0.25) is 4.57 Å². The van der Waals surface area contributed by atoms with Gasteiger partial charge in [-0.1, -0.05) is 72.3 Å². The van der Waals surface area contributed by atoms with Crippen molar-refractivity contribution < 1.29 is 4.74 Å². The van der Waals surface area contributed by atoms with Gasteiger partial charge in [0.25, 0.3) is 0 Å². The van der Waals surface area contributed by atoms with Crippen molar-refractivity contribution in [2.24, 2.45) is 0 Å². The number of fused-ring (bicyclic) bond motifs is 1. The van der Waals surface area contributed by atoms with Crippen molar-refractivity contribution in [1.82, 2.24) is 14.5 Å². The Labute approximate surface area is 191 Å². The van der Waals surface area contributed by atoms with Gasteiger partial charge in [-0.15, -0.1) is 11.8 Å². The Bertz CT molecular complexity index is 1360. The van der Waals surface area contributed by atoms with Crippen LogP contribution in [0.5, 0.6) is 5.75 Å². The predicted molar refractivity (Wildman–Crippen MR) is 132 cm³/mol. The zero-order valence-corrected chi connectivity index (χ0v) is 18.8. The second-order valence-corrected chi connectivity index (χ2v) is 8.57. The van der Waals surface area contributed by atoms with E-state index in [1.807, 2.05) is 30.3 Å². The molecule has 0 fully saturated rings. The molecule has 2 heterocycles. The maximum absolute atomic E-state index is 5.64. The number of aryl methyl sites for hydroxylation is 1. The number of methoxy groups -OCH3 is 1. The Morgan fingerprint density at radius 2 is 1.62 bits per heavy atom. The van der Waals surface area contributed by atoms with Crippen LogP contribution >= 0.6 is 11.8 Å². The van der Waals surface area contributed by atoms with E-state index in [0.29, 0.717) is 0 Å². The van der Waals surface area contributed by atoms with E-state index < -0.39 is 0 Å². The number of rotatable bonds is 6. The predicted octanol–water partition coefficient (Wildman–Crippen LogP) is 6.70. The van der Waals surface area contributed by atoms with Crippen LogP contribution in [0.15, 0.2) is 96.4 Å². The number of thioether (sulfide) groups is 1. The van der Waals surface area contributed by atoms with Crippen molar-refractivity contribution in [3.05, 3.63) is 103 Å². The summed E-state index contributed by atoms with van der Waals surface area (Å²) in [4.78, 5) is 9.37. The standard InChI is InChI=1S/C27H23N3OS/c1-19-12-14-20(15-13-19)17-32-27-25-22(21-8-4-3-5-9-21)16-30(26(25)28-18-29-27)23-10-6-7-11-24(23)31-2/h3-16,18H,17H2,1-2H3. The second-order valence-electron chi connectivity index (χ2n) is 7.60. The number of hydrogen-bond acceptors (Lipinski definition) is 4. The number of benzene rings is 3. The third-order valence-corrected chi connectivity index (χ3v) is 6.53. The smallest absolute Gasteiger partial charge is 0.149 e. The molecule has 0 atom stereocenters. The first-order valence-corrected chi connectivity index (χ1v) is 11.5. The second kappa shape index (κ2) is 8.89. The zero-order valence-electron chi connectivity index (χ0n) is 18.0. The molecule has 4 nitrogen and oxygen atoms in total. The molecular formula is C27H23N3OS. The van der Waals surface area contributed by atoms with Gasteiger partial charge in [0.05, 0.1) is 18.2 Å². The summed E-state index contributed by atoms with van der Waals surface area (Å²) < 4.78 is 7.74. The van der Waals surface area contributed by atoms with Gasteiger partial charge < -0.3 is 4.74 Å². The highest BCUT2D eigenvalue weighted by Crippen LogP contribution is 2.38. The average Bonchev–Trinajstić information content (AvgIpc) is 3.24. The van der Waals surface area contributed by atoms with Crippen molar-refractivity contribution in [2.75, 3.05) is 7.11 Å². The van der Waals surface area contributed by atoms with Crippen LogP contribution in [0.4, 0.5) is 0 Å².